The van der Waals surface area contributed by atoms with Crippen LogP contribution in [0, 0.1) is 12.7 Å². The molecule has 0 radical (unpaired) electrons. The summed E-state index contributed by atoms with van der Waals surface area (Å²) in [5, 5.41) is 0.654. The predicted octanol–water partition coefficient (Wildman–Crippen LogP) is 3.87. The van der Waals surface area contributed by atoms with Crippen molar-refractivity contribution in [1.82, 2.24) is 0 Å². The van der Waals surface area contributed by atoms with Gasteiger partial charge in [-0.2, -0.15) is 0 Å². The SMILES string of the molecule is Cc1ccc(OC(CN)c2ccc(Cl)cc2)cc1F. The molecule has 0 aliphatic carbocycles. The third kappa shape index (κ3) is 3.46. The van der Waals surface area contributed by atoms with Crippen LogP contribution in [0.15, 0.2) is 42.5 Å². The zero-order valence-corrected chi connectivity index (χ0v) is 11.3. The van der Waals surface area contributed by atoms with Gasteiger partial charge in [0.1, 0.15) is 17.7 Å². The number of rotatable bonds is 4. The van der Waals surface area contributed by atoms with E-state index in [0.717, 1.165) is 5.56 Å². The normalized spacial score (nSPS) is 12.2. The zero-order valence-electron chi connectivity index (χ0n) is 10.6. The van der Waals surface area contributed by atoms with E-state index in [0.29, 0.717) is 22.9 Å². The van der Waals surface area contributed by atoms with Crippen LogP contribution in [0.2, 0.25) is 5.02 Å². The van der Waals surface area contributed by atoms with Gasteiger partial charge in [-0.05, 0) is 36.2 Å². The summed E-state index contributed by atoms with van der Waals surface area (Å²) in [6, 6.07) is 12.0. The quantitative estimate of drug-likeness (QED) is 0.922. The number of hydrogen-bond acceptors (Lipinski definition) is 2. The summed E-state index contributed by atoms with van der Waals surface area (Å²) >= 11 is 5.84. The van der Waals surface area contributed by atoms with Gasteiger partial charge in [0.2, 0.25) is 0 Å². The summed E-state index contributed by atoms with van der Waals surface area (Å²) in [4.78, 5) is 0. The Morgan fingerprint density at radius 1 is 1.21 bits per heavy atom. The van der Waals surface area contributed by atoms with E-state index >= 15 is 0 Å². The Bertz CT molecular complexity index is 557. The smallest absolute Gasteiger partial charge is 0.136 e. The van der Waals surface area contributed by atoms with Crippen molar-refractivity contribution in [3.8, 4) is 5.75 Å². The Kier molecular flexibility index (Phi) is 4.40. The zero-order chi connectivity index (χ0) is 13.8. The number of ether oxygens (including phenoxy) is 1. The molecule has 1 unspecified atom stereocenters. The van der Waals surface area contributed by atoms with Gasteiger partial charge in [-0.25, -0.2) is 4.39 Å². The molecule has 0 fully saturated rings. The molecule has 0 heterocycles. The first-order valence-electron chi connectivity index (χ1n) is 5.98. The first-order valence-corrected chi connectivity index (χ1v) is 6.36. The van der Waals surface area contributed by atoms with Crippen molar-refractivity contribution in [1.29, 1.82) is 0 Å². The number of nitrogens with two attached hydrogens (primary N) is 1. The molecule has 2 rings (SSSR count). The third-order valence-electron chi connectivity index (χ3n) is 2.88. The summed E-state index contributed by atoms with van der Waals surface area (Å²) in [5.74, 6) is 0.179. The molecule has 100 valence electrons. The largest absolute Gasteiger partial charge is 0.484 e. The van der Waals surface area contributed by atoms with Gasteiger partial charge in [-0.15, -0.1) is 0 Å². The van der Waals surface area contributed by atoms with Gasteiger partial charge >= 0.3 is 0 Å². The highest BCUT2D eigenvalue weighted by atomic mass is 35.5. The van der Waals surface area contributed by atoms with Crippen LogP contribution in [0.1, 0.15) is 17.2 Å². The third-order valence-corrected chi connectivity index (χ3v) is 3.13. The average molecular weight is 280 g/mol. The molecule has 1 atom stereocenters. The fourth-order valence-corrected chi connectivity index (χ4v) is 1.87. The molecule has 0 aliphatic heterocycles. The minimum absolute atomic E-state index is 0.288. The molecule has 2 aromatic rings. The summed E-state index contributed by atoms with van der Waals surface area (Å²) in [6.07, 6.45) is -0.320. The average Bonchev–Trinajstić information content (AvgIpc) is 2.41. The van der Waals surface area contributed by atoms with Crippen molar-refractivity contribution in [2.24, 2.45) is 5.73 Å². The highest BCUT2D eigenvalue weighted by molar-refractivity contribution is 6.30. The van der Waals surface area contributed by atoms with Crippen LogP contribution in [-0.2, 0) is 0 Å². The lowest BCUT2D eigenvalue weighted by Crippen LogP contribution is -2.18. The first kappa shape index (κ1) is 13.8. The van der Waals surface area contributed by atoms with Crippen molar-refractivity contribution < 1.29 is 9.13 Å². The number of benzene rings is 2. The minimum atomic E-state index is -0.320. The van der Waals surface area contributed by atoms with E-state index in [2.05, 4.69) is 0 Å². The van der Waals surface area contributed by atoms with E-state index in [1.54, 1.807) is 31.2 Å². The molecule has 2 nitrogen and oxygen atoms in total. The van der Waals surface area contributed by atoms with E-state index < -0.39 is 0 Å². The van der Waals surface area contributed by atoms with E-state index in [1.807, 2.05) is 12.1 Å². The van der Waals surface area contributed by atoms with Crippen molar-refractivity contribution >= 4 is 11.6 Å². The monoisotopic (exact) mass is 279 g/mol. The molecular formula is C15H15ClFNO. The summed E-state index contributed by atoms with van der Waals surface area (Å²) < 4.78 is 19.2. The van der Waals surface area contributed by atoms with Gasteiger partial charge < -0.3 is 10.5 Å². The maximum absolute atomic E-state index is 13.5. The van der Waals surface area contributed by atoms with Crippen LogP contribution in [0.25, 0.3) is 0 Å². The minimum Gasteiger partial charge on any atom is -0.484 e. The fraction of sp³-hybridized carbons (Fsp3) is 0.200. The molecule has 0 bridgehead atoms. The maximum Gasteiger partial charge on any atom is 0.136 e. The Labute approximate surface area is 117 Å². The molecule has 0 saturated heterocycles. The summed E-state index contributed by atoms with van der Waals surface area (Å²) in [7, 11) is 0. The van der Waals surface area contributed by atoms with Crippen molar-refractivity contribution in [2.75, 3.05) is 6.54 Å². The molecule has 0 aromatic heterocycles. The fourth-order valence-electron chi connectivity index (χ4n) is 1.74. The van der Waals surface area contributed by atoms with Gasteiger partial charge in [0.05, 0.1) is 0 Å². The Morgan fingerprint density at radius 3 is 2.47 bits per heavy atom. The second kappa shape index (κ2) is 6.04. The molecular weight excluding hydrogens is 265 g/mol. The van der Waals surface area contributed by atoms with Gasteiger partial charge in [0, 0.05) is 17.6 Å². The van der Waals surface area contributed by atoms with Crippen molar-refractivity contribution in [3.63, 3.8) is 0 Å². The lowest BCUT2D eigenvalue weighted by atomic mass is 10.1. The summed E-state index contributed by atoms with van der Waals surface area (Å²) in [6.45, 7) is 2.01. The van der Waals surface area contributed by atoms with E-state index in [1.165, 1.54) is 6.07 Å². The van der Waals surface area contributed by atoms with Crippen LogP contribution in [0.4, 0.5) is 4.39 Å². The predicted molar refractivity (Wildman–Crippen MR) is 75.0 cm³/mol. The highest BCUT2D eigenvalue weighted by Gasteiger charge is 2.12. The molecule has 4 heteroatoms. The lowest BCUT2D eigenvalue weighted by Gasteiger charge is -2.18. The number of aryl methyl sites for hydroxylation is 1. The van der Waals surface area contributed by atoms with E-state index in [9.17, 15) is 4.39 Å². The van der Waals surface area contributed by atoms with E-state index in [4.69, 9.17) is 22.1 Å². The lowest BCUT2D eigenvalue weighted by molar-refractivity contribution is 0.213. The van der Waals surface area contributed by atoms with Crippen LogP contribution >= 0.6 is 11.6 Å². The Balaban J connectivity index is 2.18. The van der Waals surface area contributed by atoms with Gasteiger partial charge in [-0.1, -0.05) is 29.8 Å². The number of halogens is 2. The van der Waals surface area contributed by atoms with Crippen molar-refractivity contribution in [3.05, 3.63) is 64.4 Å². The first-order chi connectivity index (χ1) is 9.10. The maximum atomic E-state index is 13.5. The Hall–Kier alpha value is -1.58. The molecule has 0 saturated carbocycles. The summed E-state index contributed by atoms with van der Waals surface area (Å²) in [5.41, 5.74) is 7.20. The van der Waals surface area contributed by atoms with Crippen LogP contribution in [0.5, 0.6) is 5.75 Å². The molecule has 2 N–H and O–H groups in total. The van der Waals surface area contributed by atoms with Crippen LogP contribution in [-0.4, -0.2) is 6.54 Å². The molecule has 19 heavy (non-hydrogen) atoms. The Morgan fingerprint density at radius 2 is 1.89 bits per heavy atom. The van der Waals surface area contributed by atoms with Gasteiger partial charge in [0.25, 0.3) is 0 Å². The van der Waals surface area contributed by atoms with Crippen LogP contribution in [0.3, 0.4) is 0 Å². The number of hydrogen-bond donors (Lipinski definition) is 1. The topological polar surface area (TPSA) is 35.2 Å². The molecule has 0 amide bonds. The molecule has 0 spiro atoms. The molecule has 0 aliphatic rings. The second-order valence-corrected chi connectivity index (χ2v) is 4.74. The van der Waals surface area contributed by atoms with Crippen molar-refractivity contribution in [2.45, 2.75) is 13.0 Å². The van der Waals surface area contributed by atoms with Gasteiger partial charge in [0.15, 0.2) is 0 Å². The standard InChI is InChI=1S/C15H15ClFNO/c1-10-2-7-13(8-14(10)17)19-15(9-18)11-3-5-12(16)6-4-11/h2-8,15H,9,18H2,1H3. The van der Waals surface area contributed by atoms with Gasteiger partial charge in [-0.3, -0.25) is 0 Å². The van der Waals surface area contributed by atoms with Crippen LogP contribution < -0.4 is 10.5 Å². The highest BCUT2D eigenvalue weighted by Crippen LogP contribution is 2.24. The van der Waals surface area contributed by atoms with E-state index in [-0.39, 0.29) is 11.9 Å². The second-order valence-electron chi connectivity index (χ2n) is 4.30. The molecule has 2 aromatic carbocycles.